The van der Waals surface area contributed by atoms with Gasteiger partial charge in [-0.3, -0.25) is 0 Å². The third kappa shape index (κ3) is 260. The van der Waals surface area contributed by atoms with E-state index in [1.807, 2.05) is 138 Å². The zero-order valence-electron chi connectivity index (χ0n) is 99.6. The van der Waals surface area contributed by atoms with E-state index < -0.39 is 0 Å². The van der Waals surface area contributed by atoms with Gasteiger partial charge in [0.05, 0.1) is 102 Å². The predicted molar refractivity (Wildman–Crippen MR) is 578 cm³/mol. The molecule has 0 unspecified atom stereocenters. The van der Waals surface area contributed by atoms with Crippen molar-refractivity contribution in [1.82, 2.24) is 0 Å². The zero-order valence-corrected chi connectivity index (χ0v) is 99.6. The lowest BCUT2D eigenvalue weighted by molar-refractivity contribution is -0.0118. The first-order valence-electron chi connectivity index (χ1n) is 53.1. The highest BCUT2D eigenvalue weighted by molar-refractivity contribution is 4.68. The van der Waals surface area contributed by atoms with Crippen LogP contribution in [0.3, 0.4) is 0 Å². The van der Waals surface area contributed by atoms with Crippen LogP contribution in [-0.4, -0.2) is 244 Å². The van der Waals surface area contributed by atoms with E-state index in [0.717, 1.165) is 151 Å². The van der Waals surface area contributed by atoms with Crippen molar-refractivity contribution in [2.24, 2.45) is 0 Å². The molecule has 0 spiro atoms. The van der Waals surface area contributed by atoms with Crippen molar-refractivity contribution < 1.29 is 90.0 Å². The summed E-state index contributed by atoms with van der Waals surface area (Å²) < 4.78 is 97.3. The average Bonchev–Trinajstić information content (AvgIpc) is 1.69. The standard InChI is InChI=1S/C9H18O.C8H16O.C8H18O.2C7H16O.6C6H14O.5C5H12O.2C4H10O.C3H8O/c1-8(2)10-9-6-4-3-5-7-9;1-7(2)9-8-5-3-4-6-8;1-4-6-8(3)9-7-5-2;1-4-6-7(3)8-5-2;1-4-6-8-7(3)5-2;2*1-5-7-6(2,3)4;1-4-5-6(2)7-3;1-4-5-7-6(2)3;1-4-6(3)7-5-2;1-3-5-6-7-4-2;1-5(2,3)6-4;1-4-5(2)6-3;2*1-4-6-5(2)3;1-3-5-6-4-2;1-4(2)5-3;1-3-5-4-2;1-3-4-2/h8-9H,3-7H2,1-2H3;7-8H,3-6H2,1-2H3;8H,4-7H2,1-3H3;2*7H,4-6H2,1-3H3;2*5H2,1-4H3;3*6H,4-5H2,1-3H3;3-6H2,1-2H3;1-4H3;3*5H,4H2,1-3H3;3-5H2,1-2H3;4H,1-3H3;3-4H2,1-2H3;3H2,1-2H3/t;;8-;2*7-;;;6-;;6-;;;5-;;;;;;/m..111..1.1..1....../s1. The van der Waals surface area contributed by atoms with E-state index in [0.29, 0.717) is 85.5 Å². The second-order valence-corrected chi connectivity index (χ2v) is 35.8. The number of ether oxygens (including phenoxy) is 19. The highest BCUT2D eigenvalue weighted by atomic mass is 16.5. The Bertz CT molecular complexity index is 1610. The van der Waals surface area contributed by atoms with E-state index in [4.69, 9.17) is 85.3 Å². The molecule has 0 N–H and O–H groups in total. The van der Waals surface area contributed by atoms with Crippen LogP contribution in [0.5, 0.6) is 0 Å². The molecule has 130 heavy (non-hydrogen) atoms. The van der Waals surface area contributed by atoms with Crippen molar-refractivity contribution >= 4 is 0 Å². The van der Waals surface area contributed by atoms with E-state index >= 15 is 0 Å². The van der Waals surface area contributed by atoms with Crippen molar-refractivity contribution in [3.8, 4) is 0 Å². The van der Waals surface area contributed by atoms with Crippen molar-refractivity contribution in [2.45, 2.75) is 596 Å². The Morgan fingerprint density at radius 1 is 0.231 bits per heavy atom. The van der Waals surface area contributed by atoms with Gasteiger partial charge in [0.1, 0.15) is 0 Å². The first-order valence-corrected chi connectivity index (χ1v) is 53.1. The minimum Gasteiger partial charge on any atom is -0.385 e. The highest BCUT2D eigenvalue weighted by Gasteiger charge is 2.17. The Balaban J connectivity index is -0.0000000694. The lowest BCUT2D eigenvalue weighted by Gasteiger charge is -2.23. The predicted octanol–water partition coefficient (Wildman–Crippen LogP) is 32.9. The van der Waals surface area contributed by atoms with Gasteiger partial charge in [-0.25, -0.2) is 0 Å². The van der Waals surface area contributed by atoms with Gasteiger partial charge in [-0.1, -0.05) is 134 Å². The molecular formula is C111H256O19. The van der Waals surface area contributed by atoms with E-state index in [2.05, 4.69) is 206 Å². The van der Waals surface area contributed by atoms with Gasteiger partial charge in [0.15, 0.2) is 0 Å². The molecule has 0 radical (unpaired) electrons. The molecule has 0 aromatic rings. The monoisotopic (exact) mass is 1890 g/mol. The molecule has 2 fully saturated rings. The maximum Gasteiger partial charge on any atom is 0.0598 e. The summed E-state index contributed by atoms with van der Waals surface area (Å²) >= 11 is 0. The minimum absolute atomic E-state index is 0.0417. The highest BCUT2D eigenvalue weighted by Crippen LogP contribution is 2.23. The number of unbranched alkanes of at least 4 members (excludes halogenated alkanes) is 1. The summed E-state index contributed by atoms with van der Waals surface area (Å²) in [4.78, 5) is 0. The maximum absolute atomic E-state index is 5.69. The molecule has 814 valence electrons. The molecule has 0 saturated heterocycles. The Labute approximate surface area is 822 Å². The van der Waals surface area contributed by atoms with Crippen molar-refractivity contribution in [2.75, 3.05) is 141 Å². The van der Waals surface area contributed by atoms with Crippen LogP contribution >= 0.6 is 0 Å². The van der Waals surface area contributed by atoms with Gasteiger partial charge >= 0.3 is 0 Å². The fraction of sp³-hybridized carbons (Fsp3) is 1.00. The quantitative estimate of drug-likeness (QED) is 0.0526. The van der Waals surface area contributed by atoms with Gasteiger partial charge in [-0.15, -0.1) is 0 Å². The molecule has 2 aliphatic rings. The average molecular weight is 1900 g/mol. The molecule has 0 heterocycles. The molecule has 0 aromatic heterocycles. The van der Waals surface area contributed by atoms with Gasteiger partial charge in [0.2, 0.25) is 0 Å². The molecular weight excluding hydrogens is 1640 g/mol. The molecule has 0 bridgehead atoms. The molecule has 0 aromatic carbocycles. The van der Waals surface area contributed by atoms with Crippen molar-refractivity contribution in [3.63, 3.8) is 0 Å². The van der Waals surface area contributed by atoms with Crippen LogP contribution in [0.4, 0.5) is 0 Å². The third-order valence-electron chi connectivity index (χ3n) is 16.5. The number of methoxy groups -OCH3 is 5. The second kappa shape index (κ2) is 149. The SMILES string of the molecule is CC(C)OC1CCCC1.CC(C)OC1CCCCC1.CCCCOCC.CCCOC(C)C.CCCOCC.CCCO[C@H](C)CC.CCCO[C@H](C)CCC.CCC[C@@H](C)OC.CCC[C@@H](C)OCC.CCOC.CCOC(C)(C)C.CCOC(C)(C)C.CCOC(C)C.CCOC(C)C.CCOCC.CCO[C@H](C)CC.CC[C@@H](C)OC.COC(C)(C)C.COC(C)C. The van der Waals surface area contributed by atoms with E-state index in [1.54, 1.807) is 35.5 Å². The van der Waals surface area contributed by atoms with Crippen LogP contribution in [0.1, 0.15) is 493 Å². The fourth-order valence-corrected chi connectivity index (χ4v) is 8.88. The van der Waals surface area contributed by atoms with Crippen LogP contribution in [0.15, 0.2) is 0 Å². The van der Waals surface area contributed by atoms with Crippen molar-refractivity contribution in [3.05, 3.63) is 0 Å². The van der Waals surface area contributed by atoms with Crippen LogP contribution in [0.2, 0.25) is 0 Å². The van der Waals surface area contributed by atoms with E-state index in [9.17, 15) is 0 Å². The van der Waals surface area contributed by atoms with Crippen LogP contribution in [0, 0.1) is 0 Å². The van der Waals surface area contributed by atoms with Gasteiger partial charge in [0, 0.05) is 141 Å². The number of rotatable bonds is 45. The molecule has 19 heteroatoms. The summed E-state index contributed by atoms with van der Waals surface area (Å²) in [7, 11) is 8.57. The van der Waals surface area contributed by atoms with Crippen molar-refractivity contribution in [1.29, 1.82) is 0 Å². The minimum atomic E-state index is 0.0417. The Kier molecular flexibility index (Phi) is 193. The summed E-state index contributed by atoms with van der Waals surface area (Å²) in [6, 6.07) is 0. The molecule has 6 atom stereocenters. The normalized spacial score (nSPS) is 13.2. The van der Waals surface area contributed by atoms with Gasteiger partial charge in [-0.05, 0) is 359 Å². The number of hydrogen-bond donors (Lipinski definition) is 0. The first kappa shape index (κ1) is 169. The summed E-state index contributed by atoms with van der Waals surface area (Å²) in [6.45, 7) is 115. The number of hydrogen-bond acceptors (Lipinski definition) is 19. The Hall–Kier alpha value is -0.760. The van der Waals surface area contributed by atoms with Crippen LogP contribution in [-0.2, 0) is 90.0 Å². The largest absolute Gasteiger partial charge is 0.385 e. The molecule has 19 nitrogen and oxygen atoms in total. The lowest BCUT2D eigenvalue weighted by Crippen LogP contribution is -2.20. The summed E-state index contributed by atoms with van der Waals surface area (Å²) in [6.07, 6.45) is 35.9. The third-order valence-corrected chi connectivity index (χ3v) is 16.5. The van der Waals surface area contributed by atoms with Gasteiger partial charge in [-0.2, -0.15) is 0 Å². The molecule has 0 aliphatic heterocycles. The van der Waals surface area contributed by atoms with E-state index in [1.165, 1.54) is 109 Å². The Morgan fingerprint density at radius 2 is 0.500 bits per heavy atom. The molecule has 2 aliphatic carbocycles. The van der Waals surface area contributed by atoms with Gasteiger partial charge < -0.3 is 90.0 Å². The summed E-state index contributed by atoms with van der Waals surface area (Å²) in [5.41, 5.74) is 0.142. The fourth-order valence-electron chi connectivity index (χ4n) is 8.88. The smallest absolute Gasteiger partial charge is 0.0598 e. The Morgan fingerprint density at radius 3 is 0.662 bits per heavy atom. The van der Waals surface area contributed by atoms with Gasteiger partial charge in [0.25, 0.3) is 0 Å². The first-order chi connectivity index (χ1) is 60.8. The molecule has 2 saturated carbocycles. The topological polar surface area (TPSA) is 175 Å². The maximum atomic E-state index is 5.69. The lowest BCUT2D eigenvalue weighted by atomic mass is 9.98. The summed E-state index contributed by atoms with van der Waals surface area (Å²) in [5.74, 6) is 0. The van der Waals surface area contributed by atoms with E-state index in [-0.39, 0.29) is 16.8 Å². The van der Waals surface area contributed by atoms with Crippen LogP contribution in [0.25, 0.3) is 0 Å². The molecule has 2 rings (SSSR count). The van der Waals surface area contributed by atoms with Crippen LogP contribution < -0.4 is 0 Å². The molecule has 0 amide bonds. The summed E-state index contributed by atoms with van der Waals surface area (Å²) in [5, 5.41) is 0. The zero-order chi connectivity index (χ0) is 105. The second-order valence-electron chi connectivity index (χ2n) is 35.8.